The van der Waals surface area contributed by atoms with Crippen molar-refractivity contribution in [3.8, 4) is 23.1 Å². The number of aromatic nitrogens is 4. The van der Waals surface area contributed by atoms with Gasteiger partial charge in [-0.2, -0.15) is 19.9 Å². The van der Waals surface area contributed by atoms with Gasteiger partial charge in [-0.25, -0.2) is 4.98 Å². The highest BCUT2D eigenvalue weighted by atomic mass is 16.3. The predicted octanol–water partition coefficient (Wildman–Crippen LogP) is 3.91. The van der Waals surface area contributed by atoms with E-state index in [0.717, 1.165) is 40.8 Å². The van der Waals surface area contributed by atoms with E-state index in [9.17, 15) is 10.4 Å². The molecule has 2 heterocycles. The number of aromatic hydroxyl groups is 1. The Kier molecular flexibility index (Phi) is 4.73. The van der Waals surface area contributed by atoms with E-state index in [0.29, 0.717) is 17.8 Å². The maximum atomic E-state index is 10.7. The summed E-state index contributed by atoms with van der Waals surface area (Å²) in [6, 6.07) is 17.8. The average molecular weight is 369 g/mol. The zero-order valence-electron chi connectivity index (χ0n) is 15.5. The third-order valence-corrected chi connectivity index (χ3v) is 4.76. The normalized spacial score (nSPS) is 10.9. The van der Waals surface area contributed by atoms with Crippen LogP contribution in [0.1, 0.15) is 35.7 Å². The molecule has 0 amide bonds. The number of aryl methyl sites for hydroxylation is 1. The second kappa shape index (κ2) is 7.49. The van der Waals surface area contributed by atoms with Gasteiger partial charge in [0.15, 0.2) is 0 Å². The fraction of sp³-hybridized carbons (Fsp3) is 0.182. The van der Waals surface area contributed by atoms with Crippen LogP contribution in [-0.2, 0) is 12.8 Å². The van der Waals surface area contributed by atoms with Gasteiger partial charge in [0.05, 0.1) is 17.3 Å². The van der Waals surface area contributed by atoms with Gasteiger partial charge < -0.3 is 5.11 Å². The summed E-state index contributed by atoms with van der Waals surface area (Å²) >= 11 is 0. The van der Waals surface area contributed by atoms with Gasteiger partial charge in [0.25, 0.3) is 5.78 Å². The van der Waals surface area contributed by atoms with E-state index in [1.165, 1.54) is 10.8 Å². The lowest BCUT2D eigenvalue weighted by atomic mass is 9.97. The number of hydrogen-bond donors (Lipinski definition) is 1. The molecule has 0 bridgehead atoms. The molecule has 6 heteroatoms. The van der Waals surface area contributed by atoms with Gasteiger partial charge in [0.2, 0.25) is 5.88 Å². The number of rotatable bonds is 5. The Morgan fingerprint density at radius 3 is 2.64 bits per heavy atom. The minimum Gasteiger partial charge on any atom is -0.493 e. The van der Waals surface area contributed by atoms with E-state index in [2.05, 4.69) is 28.1 Å². The largest absolute Gasteiger partial charge is 0.493 e. The van der Waals surface area contributed by atoms with Gasteiger partial charge in [-0.15, -0.1) is 0 Å². The molecule has 0 saturated carbocycles. The highest BCUT2D eigenvalue weighted by molar-refractivity contribution is 5.70. The Bertz CT molecular complexity index is 1170. The van der Waals surface area contributed by atoms with Crippen molar-refractivity contribution in [1.29, 1.82) is 5.26 Å². The van der Waals surface area contributed by atoms with Crippen molar-refractivity contribution in [2.75, 3.05) is 0 Å². The molecule has 0 atom stereocenters. The first-order valence-corrected chi connectivity index (χ1v) is 9.20. The Balaban J connectivity index is 1.69. The lowest BCUT2D eigenvalue weighted by Crippen LogP contribution is -2.05. The zero-order valence-corrected chi connectivity index (χ0v) is 15.5. The van der Waals surface area contributed by atoms with E-state index in [1.807, 2.05) is 48.5 Å². The first-order valence-electron chi connectivity index (χ1n) is 9.20. The lowest BCUT2D eigenvalue weighted by molar-refractivity contribution is 0.427. The number of nitrogens with zero attached hydrogens (tertiary/aromatic N) is 5. The second-order valence-corrected chi connectivity index (χ2v) is 6.61. The fourth-order valence-electron chi connectivity index (χ4n) is 3.37. The monoisotopic (exact) mass is 369 g/mol. The summed E-state index contributed by atoms with van der Waals surface area (Å²) in [5, 5.41) is 24.1. The highest BCUT2D eigenvalue weighted by Gasteiger charge is 2.16. The van der Waals surface area contributed by atoms with Crippen molar-refractivity contribution < 1.29 is 5.11 Å². The molecule has 0 aliphatic rings. The molecular formula is C22H19N5O. The Morgan fingerprint density at radius 2 is 1.89 bits per heavy atom. The molecule has 2 aromatic heterocycles. The predicted molar refractivity (Wildman–Crippen MR) is 106 cm³/mol. The summed E-state index contributed by atoms with van der Waals surface area (Å²) in [4.78, 5) is 8.65. The van der Waals surface area contributed by atoms with Crippen LogP contribution in [0.5, 0.6) is 5.88 Å². The van der Waals surface area contributed by atoms with E-state index in [-0.39, 0.29) is 5.88 Å². The summed E-state index contributed by atoms with van der Waals surface area (Å²) < 4.78 is 1.37. The van der Waals surface area contributed by atoms with Crippen LogP contribution in [0.25, 0.3) is 16.9 Å². The molecule has 0 fully saturated rings. The van der Waals surface area contributed by atoms with Crippen molar-refractivity contribution in [2.45, 2.75) is 26.2 Å². The summed E-state index contributed by atoms with van der Waals surface area (Å²) in [6.45, 7) is 2.08. The van der Waals surface area contributed by atoms with Crippen LogP contribution in [0.3, 0.4) is 0 Å². The molecule has 6 nitrogen and oxygen atoms in total. The maximum absolute atomic E-state index is 10.7. The molecule has 0 spiro atoms. The number of nitriles is 1. The Labute approximate surface area is 162 Å². The van der Waals surface area contributed by atoms with Crippen molar-refractivity contribution in [3.05, 3.63) is 77.2 Å². The molecule has 4 rings (SSSR count). The summed E-state index contributed by atoms with van der Waals surface area (Å²) in [6.07, 6.45) is 3.63. The fourth-order valence-corrected chi connectivity index (χ4v) is 3.37. The highest BCUT2D eigenvalue weighted by Crippen LogP contribution is 2.27. The van der Waals surface area contributed by atoms with E-state index in [1.54, 1.807) is 0 Å². The van der Waals surface area contributed by atoms with Crippen LogP contribution in [0, 0.1) is 11.3 Å². The smallest absolute Gasteiger partial charge is 0.255 e. The van der Waals surface area contributed by atoms with Gasteiger partial charge in [-0.05, 0) is 29.2 Å². The molecule has 1 N–H and O–H groups in total. The number of benzene rings is 2. The minimum absolute atomic E-state index is 0.0878. The van der Waals surface area contributed by atoms with Gasteiger partial charge in [0.1, 0.15) is 6.33 Å². The zero-order chi connectivity index (χ0) is 19.5. The third-order valence-electron chi connectivity index (χ3n) is 4.76. The van der Waals surface area contributed by atoms with Gasteiger partial charge in [0, 0.05) is 12.0 Å². The van der Waals surface area contributed by atoms with Gasteiger partial charge >= 0.3 is 0 Å². The standard InChI is InChI=1S/C22H19N5O/c1-2-5-20-19(21(28)27-22(26-20)24-14-25-27)12-15-8-10-16(11-9-15)18-7-4-3-6-17(18)13-23/h3-4,6-11,14,28H,2,5,12H2,1H3. The molecule has 138 valence electrons. The minimum atomic E-state index is 0.0878. The molecule has 0 radical (unpaired) electrons. The Morgan fingerprint density at radius 1 is 1.11 bits per heavy atom. The van der Waals surface area contributed by atoms with E-state index in [4.69, 9.17) is 0 Å². The van der Waals surface area contributed by atoms with Crippen LogP contribution in [0.4, 0.5) is 0 Å². The summed E-state index contributed by atoms with van der Waals surface area (Å²) in [5.74, 6) is 0.498. The van der Waals surface area contributed by atoms with Crippen molar-refractivity contribution in [2.24, 2.45) is 0 Å². The molecule has 4 aromatic rings. The average Bonchev–Trinajstić information content (AvgIpc) is 3.20. The van der Waals surface area contributed by atoms with Crippen LogP contribution in [0.15, 0.2) is 54.9 Å². The molecule has 0 unspecified atom stereocenters. The van der Waals surface area contributed by atoms with E-state index < -0.39 is 0 Å². The lowest BCUT2D eigenvalue weighted by Gasteiger charge is -2.12. The topological polar surface area (TPSA) is 87.1 Å². The van der Waals surface area contributed by atoms with Crippen molar-refractivity contribution in [3.63, 3.8) is 0 Å². The van der Waals surface area contributed by atoms with Crippen LogP contribution in [0.2, 0.25) is 0 Å². The quantitative estimate of drug-likeness (QED) is 0.576. The summed E-state index contributed by atoms with van der Waals surface area (Å²) in [7, 11) is 0. The van der Waals surface area contributed by atoms with Gasteiger partial charge in [-0.1, -0.05) is 55.8 Å². The molecular weight excluding hydrogens is 350 g/mol. The molecule has 0 saturated heterocycles. The molecule has 2 aromatic carbocycles. The van der Waals surface area contributed by atoms with Crippen LogP contribution in [-0.4, -0.2) is 24.7 Å². The first-order chi connectivity index (χ1) is 13.7. The van der Waals surface area contributed by atoms with Crippen molar-refractivity contribution >= 4 is 5.78 Å². The summed E-state index contributed by atoms with van der Waals surface area (Å²) in [5.41, 5.74) is 5.22. The van der Waals surface area contributed by atoms with Gasteiger partial charge in [-0.3, -0.25) is 0 Å². The molecule has 0 aliphatic carbocycles. The molecule has 28 heavy (non-hydrogen) atoms. The molecule has 0 aliphatic heterocycles. The second-order valence-electron chi connectivity index (χ2n) is 6.61. The van der Waals surface area contributed by atoms with Crippen LogP contribution >= 0.6 is 0 Å². The maximum Gasteiger partial charge on any atom is 0.255 e. The van der Waals surface area contributed by atoms with Crippen molar-refractivity contribution in [1.82, 2.24) is 19.6 Å². The third kappa shape index (κ3) is 3.19. The van der Waals surface area contributed by atoms with Crippen LogP contribution < -0.4 is 0 Å². The first kappa shape index (κ1) is 17.7. The Hall–Kier alpha value is -3.72. The number of fused-ring (bicyclic) bond motifs is 1. The van der Waals surface area contributed by atoms with E-state index >= 15 is 0 Å². The SMILES string of the molecule is CCCc1nc2ncnn2c(O)c1Cc1ccc(-c2ccccc2C#N)cc1. The number of hydrogen-bond acceptors (Lipinski definition) is 5.